The minimum Gasteiger partial charge on any atom is -0.496 e. The molecule has 0 saturated heterocycles. The average molecular weight is 907 g/mol. The molecule has 0 atom stereocenters. The topological polar surface area (TPSA) is 113 Å². The van der Waals surface area contributed by atoms with Crippen LogP contribution in [0.1, 0.15) is 72.7 Å². The Labute approximate surface area is 398 Å². The van der Waals surface area contributed by atoms with Gasteiger partial charge < -0.3 is 38.4 Å². The molecule has 2 N–H and O–H groups in total. The highest BCUT2D eigenvalue weighted by molar-refractivity contribution is 6.10. The van der Waals surface area contributed by atoms with Gasteiger partial charge in [-0.1, -0.05) is 48.5 Å². The molecule has 2 aliphatic heterocycles. The second-order valence-electron chi connectivity index (χ2n) is 17.3. The van der Waals surface area contributed by atoms with Gasteiger partial charge >= 0.3 is 0 Å². The van der Waals surface area contributed by atoms with Crippen molar-refractivity contribution in [2.45, 2.75) is 55.4 Å². The summed E-state index contributed by atoms with van der Waals surface area (Å²) < 4.78 is 37.3. The monoisotopic (exact) mass is 906 g/mol. The average Bonchev–Trinajstić information content (AvgIpc) is 4.03. The first-order valence-corrected chi connectivity index (χ1v) is 22.7. The van der Waals surface area contributed by atoms with E-state index in [1.807, 2.05) is 60.7 Å². The van der Waals surface area contributed by atoms with Crippen molar-refractivity contribution < 1.29 is 28.4 Å². The number of ether oxygens (including phenoxy) is 6. The first-order chi connectivity index (χ1) is 32.8. The van der Waals surface area contributed by atoms with Gasteiger partial charge in [0, 0.05) is 22.3 Å². The molecule has 0 fully saturated rings. The smallest absolute Gasteiger partial charge is 0.130 e. The van der Waals surface area contributed by atoms with Gasteiger partial charge in [0.15, 0.2) is 0 Å². The Morgan fingerprint density at radius 1 is 0.294 bits per heavy atom. The van der Waals surface area contributed by atoms with Crippen LogP contribution < -0.4 is 28.4 Å². The molecule has 0 radical (unpaired) electrons. The van der Waals surface area contributed by atoms with E-state index in [9.17, 15) is 0 Å². The minimum atomic E-state index is 0.632. The van der Waals surface area contributed by atoms with Crippen LogP contribution in [0.25, 0.3) is 88.9 Å². The number of aromatic amines is 2. The molecular formula is C58H58N4O6. The van der Waals surface area contributed by atoms with Crippen LogP contribution in [0.15, 0.2) is 84.9 Å². The van der Waals surface area contributed by atoms with Crippen molar-refractivity contribution in [3.63, 3.8) is 0 Å². The quantitative estimate of drug-likeness (QED) is 0.140. The maximum Gasteiger partial charge on any atom is 0.130 e. The number of hydrogen-bond donors (Lipinski definition) is 2. The lowest BCUT2D eigenvalue weighted by Crippen LogP contribution is -1.98. The van der Waals surface area contributed by atoms with Gasteiger partial charge in [-0.15, -0.1) is 0 Å². The molecule has 2 aliphatic rings. The summed E-state index contributed by atoms with van der Waals surface area (Å²) in [5.74, 6) is 3.86. The van der Waals surface area contributed by atoms with E-state index in [4.69, 9.17) is 38.4 Å². The maximum absolute atomic E-state index is 6.23. The molecule has 0 spiro atoms. The van der Waals surface area contributed by atoms with E-state index in [1.54, 1.807) is 42.7 Å². The molecule has 5 heterocycles. The number of hydrogen-bond acceptors (Lipinski definition) is 8. The van der Waals surface area contributed by atoms with E-state index in [0.29, 0.717) is 34.5 Å². The summed E-state index contributed by atoms with van der Waals surface area (Å²) in [5, 5.41) is 0. The summed E-state index contributed by atoms with van der Waals surface area (Å²) in [7, 11) is 10.1. The van der Waals surface area contributed by atoms with Crippen molar-refractivity contribution in [2.24, 2.45) is 0 Å². The Bertz CT molecular complexity index is 3330. The van der Waals surface area contributed by atoms with E-state index in [0.717, 1.165) is 134 Å². The summed E-state index contributed by atoms with van der Waals surface area (Å²) in [6.45, 7) is 17.2. The van der Waals surface area contributed by atoms with Crippen molar-refractivity contribution >= 4 is 44.4 Å². The molecule has 0 unspecified atom stereocenters. The van der Waals surface area contributed by atoms with Crippen LogP contribution in [-0.4, -0.2) is 62.6 Å². The Morgan fingerprint density at radius 3 is 0.809 bits per heavy atom. The molecule has 9 rings (SSSR count). The molecule has 8 bridgehead atoms. The molecule has 0 aliphatic carbocycles. The first kappa shape index (κ1) is 45.4. The van der Waals surface area contributed by atoms with Gasteiger partial charge in [-0.3, -0.25) is 0 Å². The summed E-state index contributed by atoms with van der Waals surface area (Å²) >= 11 is 0. The second-order valence-corrected chi connectivity index (χ2v) is 17.3. The lowest BCUT2D eigenvalue weighted by Gasteiger charge is -2.16. The largest absolute Gasteiger partial charge is 0.496 e. The molecular weight excluding hydrogens is 849 g/mol. The minimum absolute atomic E-state index is 0.632. The summed E-state index contributed by atoms with van der Waals surface area (Å²) in [4.78, 5) is 19.7. The van der Waals surface area contributed by atoms with E-state index < -0.39 is 0 Å². The number of aryl methyl sites for hydroxylation is 4. The number of nitrogens with zero attached hydrogens (tertiary/aromatic N) is 2. The lowest BCUT2D eigenvalue weighted by molar-refractivity contribution is 0.397. The van der Waals surface area contributed by atoms with Gasteiger partial charge in [0.2, 0.25) is 0 Å². The van der Waals surface area contributed by atoms with Crippen LogP contribution in [0.4, 0.5) is 0 Å². The van der Waals surface area contributed by atoms with Crippen LogP contribution in [-0.2, 0) is 0 Å². The zero-order chi connectivity index (χ0) is 48.3. The number of nitrogens with one attached hydrogen (secondary N) is 2. The number of rotatable bonds is 10. The third-order valence-electron chi connectivity index (χ3n) is 14.2. The molecule has 68 heavy (non-hydrogen) atoms. The summed E-state index contributed by atoms with van der Waals surface area (Å²) in [5.41, 5.74) is 21.6. The van der Waals surface area contributed by atoms with Crippen LogP contribution in [0, 0.1) is 27.7 Å². The van der Waals surface area contributed by atoms with Gasteiger partial charge in [-0.25, -0.2) is 9.97 Å². The van der Waals surface area contributed by atoms with Gasteiger partial charge in [0.1, 0.15) is 34.5 Å². The fourth-order valence-corrected chi connectivity index (χ4v) is 10.0. The Balaban J connectivity index is 1.69. The molecule has 3 aromatic heterocycles. The molecule has 0 saturated carbocycles. The van der Waals surface area contributed by atoms with Crippen molar-refractivity contribution in [1.29, 1.82) is 0 Å². The van der Waals surface area contributed by atoms with Crippen LogP contribution in [0.5, 0.6) is 34.5 Å². The van der Waals surface area contributed by atoms with Crippen LogP contribution >= 0.6 is 0 Å². The van der Waals surface area contributed by atoms with E-state index >= 15 is 0 Å². The zero-order valence-corrected chi connectivity index (χ0v) is 41.4. The predicted molar refractivity (Wildman–Crippen MR) is 277 cm³/mol. The van der Waals surface area contributed by atoms with Crippen molar-refractivity contribution in [3.05, 3.63) is 130 Å². The standard InChI is InChI=1S/C58H58N4O6/c1-29-31(3)53-48(45-38(63-9)23-18-24-39(45)64-10)55-33(5)35(7)57(61-55)50(47-42(67-13)27-20-28-43(47)68-14)58-36(8)34(6)56(62-58)49(46-40(65-11)25-19-26-41(46)66-12)54-32(4)30(2)52(60-54)44(51(29)59-53)37-21-16-15-17-22-37/h15-28,59,62H,1-14H3. The molecule has 10 heteroatoms. The Hall–Kier alpha value is -7.72. The first-order valence-electron chi connectivity index (χ1n) is 22.7. The number of allylic oxidation sites excluding steroid dienone is 4. The second kappa shape index (κ2) is 17.8. The van der Waals surface area contributed by atoms with E-state index in [2.05, 4.69) is 89.6 Å². The van der Waals surface area contributed by atoms with Gasteiger partial charge in [0.05, 0.1) is 104 Å². The molecule has 4 aromatic carbocycles. The van der Waals surface area contributed by atoms with Crippen LogP contribution in [0.2, 0.25) is 0 Å². The van der Waals surface area contributed by atoms with Gasteiger partial charge in [-0.2, -0.15) is 0 Å². The fourth-order valence-electron chi connectivity index (χ4n) is 10.0. The SMILES string of the molecule is COc1cccc(OC)c1-c1c2nc(c(-c3c(OC)cccc3OC)c3[nH]c(c(C)c3C)c(-c3c(OC)cccc3OC)c3nc(c(-c4ccccc4)c4[nH]c1c(C)c4C)C(C)=C3C)C(C)=C2C. The predicted octanol–water partition coefficient (Wildman–Crippen LogP) is 14.2. The highest BCUT2D eigenvalue weighted by atomic mass is 16.5. The normalized spacial score (nSPS) is 12.4. The Kier molecular flexibility index (Phi) is 11.9. The third-order valence-corrected chi connectivity index (χ3v) is 14.2. The highest BCUT2D eigenvalue weighted by Crippen LogP contribution is 2.53. The summed E-state index contributed by atoms with van der Waals surface area (Å²) in [6.07, 6.45) is 0. The van der Waals surface area contributed by atoms with Crippen molar-refractivity contribution in [1.82, 2.24) is 19.9 Å². The molecule has 10 nitrogen and oxygen atoms in total. The van der Waals surface area contributed by atoms with Crippen molar-refractivity contribution in [2.75, 3.05) is 42.7 Å². The lowest BCUT2D eigenvalue weighted by atomic mass is 9.93. The third kappa shape index (κ3) is 6.92. The van der Waals surface area contributed by atoms with Gasteiger partial charge in [-0.05, 0) is 142 Å². The number of methoxy groups -OCH3 is 6. The molecule has 346 valence electrons. The zero-order valence-electron chi connectivity index (χ0n) is 41.4. The molecule has 0 amide bonds. The van der Waals surface area contributed by atoms with Crippen LogP contribution in [0.3, 0.4) is 0 Å². The van der Waals surface area contributed by atoms with E-state index in [1.165, 1.54) is 0 Å². The number of aromatic nitrogens is 4. The van der Waals surface area contributed by atoms with Gasteiger partial charge in [0.25, 0.3) is 0 Å². The Morgan fingerprint density at radius 2 is 0.544 bits per heavy atom. The summed E-state index contributed by atoms with van der Waals surface area (Å²) in [6, 6.07) is 28.2. The van der Waals surface area contributed by atoms with Crippen molar-refractivity contribution in [3.8, 4) is 79.0 Å². The number of fused-ring (bicyclic) bond motifs is 8. The number of H-pyrrole nitrogens is 2. The maximum atomic E-state index is 6.23. The van der Waals surface area contributed by atoms with E-state index in [-0.39, 0.29) is 0 Å². The number of benzene rings is 4. The molecule has 7 aromatic rings. The fraction of sp³-hybridized carbons (Fsp3) is 0.241. The highest BCUT2D eigenvalue weighted by Gasteiger charge is 2.32.